The van der Waals surface area contributed by atoms with Gasteiger partial charge in [-0.3, -0.25) is 4.79 Å². The Morgan fingerprint density at radius 1 is 1.19 bits per heavy atom. The van der Waals surface area contributed by atoms with Crippen LogP contribution in [0.1, 0.15) is 63.3 Å². The van der Waals surface area contributed by atoms with Gasteiger partial charge in [-0.15, -0.1) is 0 Å². The molecule has 0 unspecified atom stereocenters. The Hall–Kier alpha value is -2.70. The first-order valence-electron chi connectivity index (χ1n) is 13.9. The molecule has 12 heteroatoms. The number of likely N-dealkylation sites (tertiary alicyclic amines) is 1. The Kier molecular flexibility index (Phi) is 9.89. The summed E-state index contributed by atoms with van der Waals surface area (Å²) in [4.78, 5) is 33.2. The number of carbonyl (C=O) groups is 2. The average Bonchev–Trinajstić information content (AvgIpc) is 3.58. The number of hydrogen-bond acceptors (Lipinski definition) is 7. The fourth-order valence-corrected chi connectivity index (χ4v) is 6.43. The van der Waals surface area contributed by atoms with Gasteiger partial charge in [-0.25, -0.2) is 9.78 Å². The van der Waals surface area contributed by atoms with Crippen molar-refractivity contribution in [2.24, 2.45) is 11.3 Å². The van der Waals surface area contributed by atoms with E-state index in [1.54, 1.807) is 6.92 Å². The van der Waals surface area contributed by atoms with Gasteiger partial charge >= 0.3 is 12.1 Å². The fraction of sp³-hybridized carbons (Fsp3) is 0.567. The molecule has 2 aromatic rings. The standard InChI is InChI=1S/C30H36BrF3N2O6/c1-6-40-28(38)24-22(29(2,3)4)25(42-16-17-14-18(30(32,33)34)15-35-26(17)39-5)23(19-10-7-8-11-20(19)31)36(24)27(37)21-12-9-13-41-21/h7-8,10-11,14-15,21-25H,6,9,12-13,16H2,1-5H3/t21-,22+,23-,24-,25+/m0/s1. The van der Waals surface area contributed by atoms with Gasteiger partial charge in [-0.05, 0) is 42.9 Å². The first kappa shape index (κ1) is 32.2. The molecule has 4 rings (SSSR count). The quantitative estimate of drug-likeness (QED) is 0.317. The smallest absolute Gasteiger partial charge is 0.417 e. The van der Waals surface area contributed by atoms with Crippen LogP contribution in [0.15, 0.2) is 41.0 Å². The minimum absolute atomic E-state index is 0.0139. The van der Waals surface area contributed by atoms with Crippen LogP contribution in [0.4, 0.5) is 13.2 Å². The highest BCUT2D eigenvalue weighted by Crippen LogP contribution is 2.51. The van der Waals surface area contributed by atoms with E-state index >= 15 is 0 Å². The minimum atomic E-state index is -4.62. The number of amides is 1. The number of benzene rings is 1. The van der Waals surface area contributed by atoms with Crippen molar-refractivity contribution in [3.8, 4) is 5.88 Å². The molecule has 0 N–H and O–H groups in total. The molecule has 230 valence electrons. The second-order valence-electron chi connectivity index (χ2n) is 11.5. The first-order chi connectivity index (χ1) is 19.8. The second kappa shape index (κ2) is 12.9. The third-order valence-corrected chi connectivity index (χ3v) is 8.42. The zero-order chi connectivity index (χ0) is 30.8. The minimum Gasteiger partial charge on any atom is -0.481 e. The summed E-state index contributed by atoms with van der Waals surface area (Å²) in [6.07, 6.45) is -4.27. The van der Waals surface area contributed by atoms with E-state index in [0.29, 0.717) is 35.7 Å². The predicted molar refractivity (Wildman–Crippen MR) is 150 cm³/mol. The van der Waals surface area contributed by atoms with Crippen molar-refractivity contribution in [2.75, 3.05) is 20.3 Å². The molecule has 42 heavy (non-hydrogen) atoms. The van der Waals surface area contributed by atoms with E-state index < -0.39 is 53.3 Å². The summed E-state index contributed by atoms with van der Waals surface area (Å²) in [5.41, 5.74) is -0.780. The normalized spacial score (nSPS) is 24.6. The summed E-state index contributed by atoms with van der Waals surface area (Å²) in [6, 6.07) is 6.42. The monoisotopic (exact) mass is 656 g/mol. The highest BCUT2D eigenvalue weighted by molar-refractivity contribution is 9.10. The van der Waals surface area contributed by atoms with Crippen molar-refractivity contribution >= 4 is 27.8 Å². The number of esters is 1. The van der Waals surface area contributed by atoms with E-state index in [-0.39, 0.29) is 30.6 Å². The summed E-state index contributed by atoms with van der Waals surface area (Å²) >= 11 is 3.61. The Bertz CT molecular complexity index is 1280. The summed E-state index contributed by atoms with van der Waals surface area (Å²) in [6.45, 7) is 7.72. The molecule has 2 fully saturated rings. The van der Waals surface area contributed by atoms with Gasteiger partial charge in [0, 0.05) is 28.8 Å². The number of carbonyl (C=O) groups excluding carboxylic acids is 2. The highest BCUT2D eigenvalue weighted by atomic mass is 79.9. The number of ether oxygens (including phenoxy) is 4. The predicted octanol–water partition coefficient (Wildman–Crippen LogP) is 6.11. The lowest BCUT2D eigenvalue weighted by atomic mass is 9.73. The maximum absolute atomic E-state index is 14.2. The molecule has 0 bridgehead atoms. The highest BCUT2D eigenvalue weighted by Gasteiger charge is 2.60. The van der Waals surface area contributed by atoms with Crippen molar-refractivity contribution in [3.63, 3.8) is 0 Å². The molecule has 0 spiro atoms. The number of aromatic nitrogens is 1. The molecule has 1 aromatic carbocycles. The lowest BCUT2D eigenvalue weighted by Gasteiger charge is -2.35. The number of rotatable bonds is 8. The molecule has 0 saturated carbocycles. The van der Waals surface area contributed by atoms with Crippen LogP contribution in [0, 0.1) is 11.3 Å². The lowest BCUT2D eigenvalue weighted by molar-refractivity contribution is -0.160. The van der Waals surface area contributed by atoms with E-state index in [4.69, 9.17) is 18.9 Å². The van der Waals surface area contributed by atoms with Gasteiger partial charge in [0.2, 0.25) is 5.88 Å². The van der Waals surface area contributed by atoms with Crippen LogP contribution in [0.5, 0.6) is 5.88 Å². The first-order valence-corrected chi connectivity index (χ1v) is 14.6. The van der Waals surface area contributed by atoms with E-state index in [1.807, 2.05) is 45.0 Å². The van der Waals surface area contributed by atoms with Crippen molar-refractivity contribution in [2.45, 2.75) is 77.6 Å². The number of pyridine rings is 1. The summed E-state index contributed by atoms with van der Waals surface area (Å²) in [5, 5.41) is 0. The molecule has 2 saturated heterocycles. The van der Waals surface area contributed by atoms with Crippen LogP contribution in [0.2, 0.25) is 0 Å². The molecular formula is C30H36BrF3N2O6. The van der Waals surface area contributed by atoms with Gasteiger partial charge < -0.3 is 23.8 Å². The molecule has 2 aliphatic rings. The third kappa shape index (κ3) is 6.60. The zero-order valence-corrected chi connectivity index (χ0v) is 25.8. The van der Waals surface area contributed by atoms with Crippen LogP contribution in [0.25, 0.3) is 0 Å². The van der Waals surface area contributed by atoms with Crippen LogP contribution < -0.4 is 4.74 Å². The summed E-state index contributed by atoms with van der Waals surface area (Å²) < 4.78 is 64.4. The molecule has 5 atom stereocenters. The van der Waals surface area contributed by atoms with Gasteiger partial charge in [-0.1, -0.05) is 54.9 Å². The van der Waals surface area contributed by atoms with Crippen LogP contribution in [0.3, 0.4) is 0 Å². The maximum Gasteiger partial charge on any atom is 0.417 e. The Morgan fingerprint density at radius 3 is 2.48 bits per heavy atom. The molecular weight excluding hydrogens is 621 g/mol. The van der Waals surface area contributed by atoms with Crippen LogP contribution >= 0.6 is 15.9 Å². The summed E-state index contributed by atoms with van der Waals surface area (Å²) in [7, 11) is 1.31. The average molecular weight is 658 g/mol. The Labute approximate surface area is 252 Å². The zero-order valence-electron chi connectivity index (χ0n) is 24.2. The van der Waals surface area contributed by atoms with Gasteiger partial charge in [0.1, 0.15) is 12.1 Å². The lowest BCUT2D eigenvalue weighted by Crippen LogP contribution is -2.50. The van der Waals surface area contributed by atoms with E-state index in [1.165, 1.54) is 12.0 Å². The van der Waals surface area contributed by atoms with Crippen molar-refractivity contribution in [1.82, 2.24) is 9.88 Å². The van der Waals surface area contributed by atoms with Crippen molar-refractivity contribution in [3.05, 3.63) is 57.7 Å². The van der Waals surface area contributed by atoms with Gasteiger partial charge in [0.15, 0.2) is 0 Å². The maximum atomic E-state index is 14.2. The van der Waals surface area contributed by atoms with Gasteiger partial charge in [0.25, 0.3) is 5.91 Å². The SMILES string of the molecule is CCOC(=O)[C@@H]1[C@@H](C(C)(C)C)[C@@H](OCc2cc(C(F)(F)F)cnc2OC)[C@H](c2ccccc2Br)N1C(=O)[C@@H]1CCCO1. The fourth-order valence-electron chi connectivity index (χ4n) is 5.91. The number of nitrogens with zero attached hydrogens (tertiary/aromatic N) is 2. The Morgan fingerprint density at radius 2 is 1.90 bits per heavy atom. The topological polar surface area (TPSA) is 87.2 Å². The molecule has 1 aromatic heterocycles. The second-order valence-corrected chi connectivity index (χ2v) is 12.3. The van der Waals surface area contributed by atoms with E-state index in [0.717, 1.165) is 6.07 Å². The van der Waals surface area contributed by atoms with Crippen LogP contribution in [-0.2, 0) is 36.6 Å². The molecule has 0 aliphatic carbocycles. The summed E-state index contributed by atoms with van der Waals surface area (Å²) in [5.74, 6) is -1.56. The number of halogens is 4. The van der Waals surface area contributed by atoms with Crippen LogP contribution in [-0.4, -0.2) is 60.3 Å². The molecule has 0 radical (unpaired) electrons. The van der Waals surface area contributed by atoms with Gasteiger partial charge in [0.05, 0.1) is 38.0 Å². The number of hydrogen-bond donors (Lipinski definition) is 0. The van der Waals surface area contributed by atoms with Crippen molar-refractivity contribution < 1.29 is 41.7 Å². The van der Waals surface area contributed by atoms with Crippen molar-refractivity contribution in [1.29, 1.82) is 0 Å². The van der Waals surface area contributed by atoms with Gasteiger partial charge in [-0.2, -0.15) is 13.2 Å². The third-order valence-electron chi connectivity index (χ3n) is 7.69. The van der Waals surface area contributed by atoms with E-state index in [9.17, 15) is 22.8 Å². The molecule has 1 amide bonds. The number of methoxy groups -OCH3 is 1. The molecule has 2 aliphatic heterocycles. The van der Waals surface area contributed by atoms with E-state index in [2.05, 4.69) is 20.9 Å². The Balaban J connectivity index is 1.87. The number of alkyl halides is 3. The molecule has 3 heterocycles. The molecule has 8 nitrogen and oxygen atoms in total. The largest absolute Gasteiger partial charge is 0.481 e.